The minimum absolute atomic E-state index is 0.0124. The van der Waals surface area contributed by atoms with Crippen LogP contribution in [0, 0.1) is 0 Å². The zero-order valence-electron chi connectivity index (χ0n) is 14.0. The number of carbonyl (C=O) groups excluding carboxylic acids is 1. The van der Waals surface area contributed by atoms with Gasteiger partial charge in [-0.2, -0.15) is 5.10 Å². The summed E-state index contributed by atoms with van der Waals surface area (Å²) in [7, 11) is -2.96. The van der Waals surface area contributed by atoms with Gasteiger partial charge in [-0.1, -0.05) is 12.8 Å². The van der Waals surface area contributed by atoms with E-state index in [0.717, 1.165) is 44.5 Å². The minimum Gasteiger partial charge on any atom is -0.337 e. The first-order chi connectivity index (χ1) is 11.5. The number of carbonyl (C=O) groups is 1. The number of rotatable bonds is 3. The largest absolute Gasteiger partial charge is 0.337 e. The van der Waals surface area contributed by atoms with E-state index in [4.69, 9.17) is 0 Å². The zero-order valence-corrected chi connectivity index (χ0v) is 14.8. The van der Waals surface area contributed by atoms with Crippen molar-refractivity contribution in [2.75, 3.05) is 24.6 Å². The van der Waals surface area contributed by atoms with Gasteiger partial charge in [0.15, 0.2) is 15.5 Å². The molecule has 1 saturated carbocycles. The van der Waals surface area contributed by atoms with E-state index in [1.165, 1.54) is 12.8 Å². The van der Waals surface area contributed by atoms with Crippen molar-refractivity contribution in [1.29, 1.82) is 0 Å². The van der Waals surface area contributed by atoms with Crippen molar-refractivity contribution in [3.05, 3.63) is 17.5 Å². The van der Waals surface area contributed by atoms with Gasteiger partial charge in [0.2, 0.25) is 0 Å². The standard InChI is InChI=1S/C17H25N3O3S/c21-17(19-8-3-1-2-4-9-19)15-11-16(13-5-6-13)20(18-15)14-7-10-24(22,23)12-14/h11,13-14H,1-10,12H2. The topological polar surface area (TPSA) is 72.3 Å². The van der Waals surface area contributed by atoms with Crippen LogP contribution in [0.4, 0.5) is 0 Å². The smallest absolute Gasteiger partial charge is 0.274 e. The number of hydrogen-bond donors (Lipinski definition) is 0. The summed E-state index contributed by atoms with van der Waals surface area (Å²) in [5.74, 6) is 0.855. The van der Waals surface area contributed by atoms with E-state index in [0.29, 0.717) is 18.0 Å². The lowest BCUT2D eigenvalue weighted by Gasteiger charge is -2.18. The number of sulfone groups is 1. The monoisotopic (exact) mass is 351 g/mol. The fourth-order valence-corrected chi connectivity index (χ4v) is 5.59. The van der Waals surface area contributed by atoms with Crippen LogP contribution in [0.1, 0.15) is 73.1 Å². The summed E-state index contributed by atoms with van der Waals surface area (Å²) in [6, 6.07) is 1.83. The molecule has 0 radical (unpaired) electrons. The van der Waals surface area contributed by atoms with Gasteiger partial charge in [-0.05, 0) is 38.2 Å². The second-order valence-electron chi connectivity index (χ2n) is 7.44. The maximum Gasteiger partial charge on any atom is 0.274 e. The molecule has 1 aromatic rings. The lowest BCUT2D eigenvalue weighted by atomic mass is 10.2. The SMILES string of the molecule is O=C(c1cc(C2CC2)n(C2CCS(=O)(=O)C2)n1)N1CCCCCC1. The number of hydrogen-bond acceptors (Lipinski definition) is 4. The molecule has 1 unspecified atom stereocenters. The second kappa shape index (κ2) is 6.17. The quantitative estimate of drug-likeness (QED) is 0.836. The molecule has 0 aromatic carbocycles. The molecular formula is C17H25N3O3S. The lowest BCUT2D eigenvalue weighted by Crippen LogP contribution is -2.32. The fourth-order valence-electron chi connectivity index (χ4n) is 3.89. The summed E-state index contributed by atoms with van der Waals surface area (Å²) in [5, 5.41) is 4.59. The summed E-state index contributed by atoms with van der Waals surface area (Å²) in [6.45, 7) is 1.62. The minimum atomic E-state index is -2.96. The van der Waals surface area contributed by atoms with Crippen LogP contribution in [-0.4, -0.2) is 53.6 Å². The van der Waals surface area contributed by atoms with Crippen molar-refractivity contribution in [2.24, 2.45) is 0 Å². The molecule has 4 rings (SSSR count). The predicted octanol–water partition coefficient (Wildman–Crippen LogP) is 2.14. The van der Waals surface area contributed by atoms with Crippen molar-refractivity contribution in [3.63, 3.8) is 0 Å². The third kappa shape index (κ3) is 3.23. The van der Waals surface area contributed by atoms with Crippen LogP contribution in [0.5, 0.6) is 0 Å². The first-order valence-electron chi connectivity index (χ1n) is 9.13. The van der Waals surface area contributed by atoms with Crippen molar-refractivity contribution in [3.8, 4) is 0 Å². The van der Waals surface area contributed by atoms with E-state index >= 15 is 0 Å². The van der Waals surface area contributed by atoms with E-state index in [-0.39, 0.29) is 23.5 Å². The van der Waals surface area contributed by atoms with Crippen LogP contribution >= 0.6 is 0 Å². The molecule has 2 saturated heterocycles. The number of amides is 1. The molecule has 132 valence electrons. The second-order valence-corrected chi connectivity index (χ2v) is 9.67. The Morgan fingerprint density at radius 2 is 1.79 bits per heavy atom. The molecule has 0 bridgehead atoms. The lowest BCUT2D eigenvalue weighted by molar-refractivity contribution is 0.0754. The van der Waals surface area contributed by atoms with Gasteiger partial charge in [0.25, 0.3) is 5.91 Å². The first kappa shape index (κ1) is 16.1. The average molecular weight is 351 g/mol. The third-order valence-electron chi connectivity index (χ3n) is 5.43. The summed E-state index contributed by atoms with van der Waals surface area (Å²) in [6.07, 6.45) is 7.33. The summed E-state index contributed by atoms with van der Waals surface area (Å²) >= 11 is 0. The van der Waals surface area contributed by atoms with Crippen LogP contribution in [0.15, 0.2) is 6.07 Å². The van der Waals surface area contributed by atoms with E-state index < -0.39 is 9.84 Å². The molecular weight excluding hydrogens is 326 g/mol. The molecule has 1 atom stereocenters. The highest BCUT2D eigenvalue weighted by Gasteiger charge is 2.36. The maximum atomic E-state index is 12.8. The van der Waals surface area contributed by atoms with E-state index in [2.05, 4.69) is 5.10 Å². The molecule has 1 aliphatic carbocycles. The summed E-state index contributed by atoms with van der Waals surface area (Å²) in [4.78, 5) is 14.8. The Bertz CT molecular complexity index is 728. The summed E-state index contributed by atoms with van der Waals surface area (Å²) < 4.78 is 25.5. The molecule has 3 aliphatic rings. The molecule has 3 heterocycles. The molecule has 2 aliphatic heterocycles. The molecule has 1 aromatic heterocycles. The Morgan fingerprint density at radius 3 is 2.38 bits per heavy atom. The first-order valence-corrected chi connectivity index (χ1v) is 10.9. The van der Waals surface area contributed by atoms with Crippen LogP contribution in [0.25, 0.3) is 0 Å². The van der Waals surface area contributed by atoms with Gasteiger partial charge in [-0.3, -0.25) is 9.48 Å². The maximum absolute atomic E-state index is 12.8. The zero-order chi connectivity index (χ0) is 16.7. The normalized spacial score (nSPS) is 27.2. The fraction of sp³-hybridized carbons (Fsp3) is 0.765. The average Bonchev–Trinajstić information content (AvgIpc) is 3.27. The number of likely N-dealkylation sites (tertiary alicyclic amines) is 1. The molecule has 24 heavy (non-hydrogen) atoms. The van der Waals surface area contributed by atoms with Crippen LogP contribution in [0.3, 0.4) is 0 Å². The van der Waals surface area contributed by atoms with Gasteiger partial charge >= 0.3 is 0 Å². The van der Waals surface area contributed by atoms with Crippen molar-refractivity contribution in [2.45, 2.75) is 56.9 Å². The Balaban J connectivity index is 1.60. The van der Waals surface area contributed by atoms with Crippen LogP contribution < -0.4 is 0 Å². The number of aromatic nitrogens is 2. The number of nitrogens with zero attached hydrogens (tertiary/aromatic N) is 3. The Labute approximate surface area is 143 Å². The Kier molecular flexibility index (Phi) is 4.14. The van der Waals surface area contributed by atoms with Gasteiger partial charge in [-0.25, -0.2) is 8.42 Å². The van der Waals surface area contributed by atoms with Crippen LogP contribution in [-0.2, 0) is 9.84 Å². The highest BCUT2D eigenvalue weighted by molar-refractivity contribution is 7.91. The van der Waals surface area contributed by atoms with Crippen LogP contribution in [0.2, 0.25) is 0 Å². The van der Waals surface area contributed by atoms with Gasteiger partial charge in [0.05, 0.1) is 17.5 Å². The van der Waals surface area contributed by atoms with E-state index in [1.807, 2.05) is 15.6 Å². The van der Waals surface area contributed by atoms with E-state index in [1.54, 1.807) is 0 Å². The predicted molar refractivity (Wildman–Crippen MR) is 90.9 cm³/mol. The van der Waals surface area contributed by atoms with Crippen molar-refractivity contribution < 1.29 is 13.2 Å². The van der Waals surface area contributed by atoms with Gasteiger partial charge in [0, 0.05) is 24.7 Å². The Morgan fingerprint density at radius 1 is 1.08 bits per heavy atom. The Hall–Kier alpha value is -1.37. The van der Waals surface area contributed by atoms with E-state index in [9.17, 15) is 13.2 Å². The molecule has 3 fully saturated rings. The summed E-state index contributed by atoms with van der Waals surface area (Å²) in [5.41, 5.74) is 1.57. The highest BCUT2D eigenvalue weighted by Crippen LogP contribution is 2.42. The van der Waals surface area contributed by atoms with Crippen molar-refractivity contribution in [1.82, 2.24) is 14.7 Å². The molecule has 0 spiro atoms. The molecule has 1 amide bonds. The molecule has 7 heteroatoms. The van der Waals surface area contributed by atoms with Crippen molar-refractivity contribution >= 4 is 15.7 Å². The third-order valence-corrected chi connectivity index (χ3v) is 7.18. The molecule has 0 N–H and O–H groups in total. The van der Waals surface area contributed by atoms with Gasteiger partial charge in [0.1, 0.15) is 0 Å². The highest BCUT2D eigenvalue weighted by atomic mass is 32.2. The molecule has 6 nitrogen and oxygen atoms in total. The van der Waals surface area contributed by atoms with Gasteiger partial charge < -0.3 is 4.90 Å². The van der Waals surface area contributed by atoms with Gasteiger partial charge in [-0.15, -0.1) is 0 Å².